The van der Waals surface area contributed by atoms with E-state index in [0.717, 1.165) is 22.8 Å². The number of aromatic nitrogens is 4. The van der Waals surface area contributed by atoms with Crippen molar-refractivity contribution in [2.24, 2.45) is 0 Å². The van der Waals surface area contributed by atoms with Gasteiger partial charge in [-0.3, -0.25) is 0 Å². The van der Waals surface area contributed by atoms with Gasteiger partial charge in [0.15, 0.2) is 23.1 Å². The Kier molecular flexibility index (Phi) is 6.66. The lowest BCUT2D eigenvalue weighted by molar-refractivity contribution is 0.277. The van der Waals surface area contributed by atoms with E-state index in [1.165, 1.54) is 0 Å². The summed E-state index contributed by atoms with van der Waals surface area (Å²) < 4.78 is 12.5. The smallest absolute Gasteiger partial charge is 0.162 e. The standard InChI is InChI=1S/C21H27N5O3/c1-25(2)20-16(7-5-10-22-20)21-23-19(24-26(21)11-6-12-27)14-15-8-9-17(28-3)18(13-15)29-4/h5,7-10,13,27H,6,11-12,14H2,1-4H3. The zero-order valence-corrected chi connectivity index (χ0v) is 17.3. The van der Waals surface area contributed by atoms with Crippen LogP contribution in [0.1, 0.15) is 17.8 Å². The molecule has 3 rings (SSSR count). The maximum Gasteiger partial charge on any atom is 0.162 e. The summed E-state index contributed by atoms with van der Waals surface area (Å²) in [6.45, 7) is 0.671. The number of methoxy groups -OCH3 is 2. The minimum atomic E-state index is 0.0951. The summed E-state index contributed by atoms with van der Waals surface area (Å²) in [6, 6.07) is 9.67. The molecule has 0 saturated carbocycles. The molecule has 154 valence electrons. The fourth-order valence-electron chi connectivity index (χ4n) is 3.14. The quantitative estimate of drug-likeness (QED) is 0.593. The molecule has 0 atom stereocenters. The zero-order chi connectivity index (χ0) is 20.8. The van der Waals surface area contributed by atoms with Crippen LogP contribution in [-0.2, 0) is 13.0 Å². The number of aryl methyl sites for hydroxylation is 1. The molecule has 3 aromatic rings. The highest BCUT2D eigenvalue weighted by Crippen LogP contribution is 2.29. The molecule has 2 aromatic heterocycles. The predicted molar refractivity (Wildman–Crippen MR) is 112 cm³/mol. The molecule has 0 aliphatic carbocycles. The van der Waals surface area contributed by atoms with Gasteiger partial charge in [-0.05, 0) is 36.2 Å². The van der Waals surface area contributed by atoms with Crippen molar-refractivity contribution in [1.29, 1.82) is 0 Å². The Labute approximate surface area is 170 Å². The summed E-state index contributed by atoms with van der Waals surface area (Å²) in [6.07, 6.45) is 2.92. The predicted octanol–water partition coefficient (Wildman–Crippen LogP) is 2.40. The van der Waals surface area contributed by atoms with Gasteiger partial charge in [0.25, 0.3) is 0 Å². The number of hydrogen-bond donors (Lipinski definition) is 1. The van der Waals surface area contributed by atoms with Crippen LogP contribution in [0.2, 0.25) is 0 Å². The molecule has 0 spiro atoms. The van der Waals surface area contributed by atoms with Crippen molar-refractivity contribution in [2.45, 2.75) is 19.4 Å². The largest absolute Gasteiger partial charge is 0.493 e. The van der Waals surface area contributed by atoms with Crippen molar-refractivity contribution in [1.82, 2.24) is 19.7 Å². The van der Waals surface area contributed by atoms with Crippen molar-refractivity contribution in [3.8, 4) is 22.9 Å². The van der Waals surface area contributed by atoms with E-state index in [1.54, 1.807) is 20.4 Å². The number of ether oxygens (including phenoxy) is 2. The van der Waals surface area contributed by atoms with Gasteiger partial charge >= 0.3 is 0 Å². The topological polar surface area (TPSA) is 85.5 Å². The van der Waals surface area contributed by atoms with Gasteiger partial charge in [0.05, 0.1) is 19.8 Å². The number of anilines is 1. The average molecular weight is 397 g/mol. The first-order chi connectivity index (χ1) is 14.1. The van der Waals surface area contributed by atoms with Gasteiger partial charge < -0.3 is 19.5 Å². The Morgan fingerprint density at radius 2 is 1.90 bits per heavy atom. The molecule has 8 nitrogen and oxygen atoms in total. The number of aliphatic hydroxyl groups excluding tert-OH is 1. The van der Waals surface area contributed by atoms with Crippen molar-refractivity contribution < 1.29 is 14.6 Å². The first kappa shape index (κ1) is 20.6. The number of benzene rings is 1. The molecule has 29 heavy (non-hydrogen) atoms. The summed E-state index contributed by atoms with van der Waals surface area (Å²) in [7, 11) is 7.13. The minimum Gasteiger partial charge on any atom is -0.493 e. The van der Waals surface area contributed by atoms with Gasteiger partial charge in [-0.25, -0.2) is 14.6 Å². The number of aliphatic hydroxyl groups is 1. The van der Waals surface area contributed by atoms with Crippen LogP contribution >= 0.6 is 0 Å². The van der Waals surface area contributed by atoms with E-state index >= 15 is 0 Å². The molecule has 0 bridgehead atoms. The summed E-state index contributed by atoms with van der Waals surface area (Å²) in [5.74, 6) is 3.61. The van der Waals surface area contributed by atoms with E-state index in [1.807, 2.05) is 54.0 Å². The highest BCUT2D eigenvalue weighted by molar-refractivity contribution is 5.70. The van der Waals surface area contributed by atoms with Crippen LogP contribution in [-0.4, -0.2) is 59.8 Å². The van der Waals surface area contributed by atoms with Crippen LogP contribution in [0.15, 0.2) is 36.5 Å². The van der Waals surface area contributed by atoms with Crippen LogP contribution in [0, 0.1) is 0 Å². The average Bonchev–Trinajstić information content (AvgIpc) is 3.14. The van der Waals surface area contributed by atoms with Crippen LogP contribution < -0.4 is 14.4 Å². The van der Waals surface area contributed by atoms with E-state index in [4.69, 9.17) is 19.6 Å². The number of pyridine rings is 1. The van der Waals surface area contributed by atoms with E-state index in [9.17, 15) is 5.11 Å². The molecule has 0 fully saturated rings. The Morgan fingerprint density at radius 1 is 1.10 bits per heavy atom. The van der Waals surface area contributed by atoms with Crippen LogP contribution in [0.3, 0.4) is 0 Å². The van der Waals surface area contributed by atoms with E-state index < -0.39 is 0 Å². The lowest BCUT2D eigenvalue weighted by Gasteiger charge is -2.15. The van der Waals surface area contributed by atoms with Gasteiger partial charge in [-0.2, -0.15) is 5.10 Å². The van der Waals surface area contributed by atoms with E-state index in [2.05, 4.69) is 4.98 Å². The Bertz CT molecular complexity index is 955. The normalized spacial score (nSPS) is 10.8. The van der Waals surface area contributed by atoms with Crippen molar-refractivity contribution in [2.75, 3.05) is 39.8 Å². The van der Waals surface area contributed by atoms with Crippen LogP contribution in [0.4, 0.5) is 5.82 Å². The maximum atomic E-state index is 9.27. The first-order valence-corrected chi connectivity index (χ1v) is 9.45. The highest BCUT2D eigenvalue weighted by atomic mass is 16.5. The van der Waals surface area contributed by atoms with Crippen molar-refractivity contribution in [3.05, 3.63) is 47.9 Å². The SMILES string of the molecule is COc1ccc(Cc2nc(-c3cccnc3N(C)C)n(CCCO)n2)cc1OC. The lowest BCUT2D eigenvalue weighted by atomic mass is 10.1. The van der Waals surface area contributed by atoms with Crippen molar-refractivity contribution >= 4 is 5.82 Å². The third kappa shape index (κ3) is 4.65. The molecule has 0 saturated heterocycles. The molecule has 2 heterocycles. The molecular formula is C21H27N5O3. The fourth-order valence-corrected chi connectivity index (χ4v) is 3.14. The maximum absolute atomic E-state index is 9.27. The summed E-state index contributed by atoms with van der Waals surface area (Å²) in [5, 5.41) is 14.0. The number of rotatable bonds is 9. The third-order valence-electron chi connectivity index (χ3n) is 4.51. The molecule has 8 heteroatoms. The minimum absolute atomic E-state index is 0.0951. The fraction of sp³-hybridized carbons (Fsp3) is 0.381. The molecule has 0 amide bonds. The molecule has 0 radical (unpaired) electrons. The molecule has 0 aliphatic rings. The van der Waals surface area contributed by atoms with Crippen LogP contribution in [0.25, 0.3) is 11.4 Å². The molecule has 1 aromatic carbocycles. The first-order valence-electron chi connectivity index (χ1n) is 9.45. The van der Waals surface area contributed by atoms with Crippen LogP contribution in [0.5, 0.6) is 11.5 Å². The van der Waals surface area contributed by atoms with Gasteiger partial charge in [0, 0.05) is 39.9 Å². The second kappa shape index (κ2) is 9.38. The Balaban J connectivity index is 1.98. The Hall–Kier alpha value is -3.13. The zero-order valence-electron chi connectivity index (χ0n) is 17.3. The monoisotopic (exact) mass is 397 g/mol. The highest BCUT2D eigenvalue weighted by Gasteiger charge is 2.17. The van der Waals surface area contributed by atoms with Gasteiger partial charge in [0.1, 0.15) is 5.82 Å². The van der Waals surface area contributed by atoms with Gasteiger partial charge in [-0.1, -0.05) is 6.07 Å². The summed E-state index contributed by atoms with van der Waals surface area (Å²) >= 11 is 0. The summed E-state index contributed by atoms with van der Waals surface area (Å²) in [4.78, 5) is 11.2. The van der Waals surface area contributed by atoms with E-state index in [0.29, 0.717) is 36.7 Å². The van der Waals surface area contributed by atoms with E-state index in [-0.39, 0.29) is 6.61 Å². The number of hydrogen-bond acceptors (Lipinski definition) is 7. The second-order valence-electron chi connectivity index (χ2n) is 6.79. The van der Waals surface area contributed by atoms with Gasteiger partial charge in [0.2, 0.25) is 0 Å². The van der Waals surface area contributed by atoms with Crippen molar-refractivity contribution in [3.63, 3.8) is 0 Å². The second-order valence-corrected chi connectivity index (χ2v) is 6.79. The third-order valence-corrected chi connectivity index (χ3v) is 4.51. The summed E-state index contributed by atoms with van der Waals surface area (Å²) in [5.41, 5.74) is 1.93. The molecular weight excluding hydrogens is 370 g/mol. The lowest BCUT2D eigenvalue weighted by Crippen LogP contribution is -2.13. The number of nitrogens with zero attached hydrogens (tertiary/aromatic N) is 5. The van der Waals surface area contributed by atoms with Gasteiger partial charge in [-0.15, -0.1) is 0 Å². The molecule has 0 unspecified atom stereocenters. The Morgan fingerprint density at radius 3 is 2.59 bits per heavy atom. The molecule has 0 aliphatic heterocycles. The molecule has 1 N–H and O–H groups in total.